The topological polar surface area (TPSA) is 114 Å². The second-order valence-corrected chi connectivity index (χ2v) is 6.89. The van der Waals surface area contributed by atoms with Crippen LogP contribution in [0.3, 0.4) is 0 Å². The number of rotatable bonds is 7. The van der Waals surface area contributed by atoms with Gasteiger partial charge in [0.05, 0.1) is 25.5 Å². The van der Waals surface area contributed by atoms with E-state index >= 15 is 0 Å². The summed E-state index contributed by atoms with van der Waals surface area (Å²) in [7, 11) is 2.77. The molecule has 0 spiro atoms. The van der Waals surface area contributed by atoms with Gasteiger partial charge >= 0.3 is 12.0 Å². The van der Waals surface area contributed by atoms with Gasteiger partial charge in [0, 0.05) is 0 Å². The van der Waals surface area contributed by atoms with Crippen LogP contribution in [0.5, 0.6) is 5.75 Å². The van der Waals surface area contributed by atoms with Crippen molar-refractivity contribution in [1.82, 2.24) is 10.2 Å². The molecule has 3 rings (SSSR count). The Kier molecular flexibility index (Phi) is 6.24. The summed E-state index contributed by atoms with van der Waals surface area (Å²) in [4.78, 5) is 51.1. The largest absolute Gasteiger partial charge is 0.497 e. The fourth-order valence-corrected chi connectivity index (χ4v) is 3.50. The predicted molar refractivity (Wildman–Crippen MR) is 112 cm³/mol. The molecule has 4 amide bonds. The zero-order chi connectivity index (χ0) is 22.6. The molecule has 0 radical (unpaired) electrons. The first-order valence-electron chi connectivity index (χ1n) is 9.62. The smallest absolute Gasteiger partial charge is 0.339 e. The summed E-state index contributed by atoms with van der Waals surface area (Å²) < 4.78 is 9.85. The fourth-order valence-electron chi connectivity index (χ4n) is 3.50. The third-order valence-electron chi connectivity index (χ3n) is 5.20. The lowest BCUT2D eigenvalue weighted by Gasteiger charge is -2.26. The number of hydrogen-bond donors (Lipinski definition) is 2. The van der Waals surface area contributed by atoms with Crippen molar-refractivity contribution in [2.24, 2.45) is 0 Å². The molecule has 0 aliphatic carbocycles. The number of amides is 4. The zero-order valence-corrected chi connectivity index (χ0v) is 17.4. The lowest BCUT2D eigenvalue weighted by molar-refractivity contribution is -0.134. The number of para-hydroxylation sites is 1. The van der Waals surface area contributed by atoms with E-state index in [-0.39, 0.29) is 11.3 Å². The molecule has 2 aromatic rings. The number of carbonyl (C=O) groups is 4. The van der Waals surface area contributed by atoms with Crippen LogP contribution in [0.4, 0.5) is 10.5 Å². The number of esters is 1. The minimum Gasteiger partial charge on any atom is -0.497 e. The molecule has 1 saturated heterocycles. The molecule has 1 unspecified atom stereocenters. The van der Waals surface area contributed by atoms with Gasteiger partial charge in [0.1, 0.15) is 17.8 Å². The summed E-state index contributed by atoms with van der Waals surface area (Å²) in [6, 6.07) is 12.4. The minimum absolute atomic E-state index is 0.164. The van der Waals surface area contributed by atoms with Gasteiger partial charge in [0.2, 0.25) is 5.91 Å². The number of anilines is 1. The third kappa shape index (κ3) is 4.07. The van der Waals surface area contributed by atoms with Gasteiger partial charge in [-0.05, 0) is 36.2 Å². The van der Waals surface area contributed by atoms with Crippen molar-refractivity contribution in [1.29, 1.82) is 0 Å². The van der Waals surface area contributed by atoms with Gasteiger partial charge in [-0.1, -0.05) is 31.2 Å². The summed E-state index contributed by atoms with van der Waals surface area (Å²) in [5, 5.41) is 5.28. The molecule has 9 heteroatoms. The number of benzene rings is 2. The molecular formula is C22H23N3O6. The molecule has 0 aromatic heterocycles. The number of ether oxygens (including phenoxy) is 2. The zero-order valence-electron chi connectivity index (χ0n) is 17.4. The first-order valence-corrected chi connectivity index (χ1v) is 9.62. The monoisotopic (exact) mass is 425 g/mol. The van der Waals surface area contributed by atoms with Crippen LogP contribution in [-0.2, 0) is 19.9 Å². The van der Waals surface area contributed by atoms with Crippen LogP contribution >= 0.6 is 0 Å². The van der Waals surface area contributed by atoms with Gasteiger partial charge < -0.3 is 20.1 Å². The van der Waals surface area contributed by atoms with Crippen molar-refractivity contribution in [3.8, 4) is 5.75 Å². The summed E-state index contributed by atoms with van der Waals surface area (Å²) in [6.07, 6.45) is 0.299. The average Bonchev–Trinajstić information content (AvgIpc) is 3.04. The second kappa shape index (κ2) is 8.86. The number of methoxy groups -OCH3 is 2. The van der Waals surface area contributed by atoms with Gasteiger partial charge in [0.25, 0.3) is 5.91 Å². The molecule has 1 heterocycles. The number of hydrogen-bond acceptors (Lipinski definition) is 6. The van der Waals surface area contributed by atoms with Gasteiger partial charge in [0.15, 0.2) is 0 Å². The maximum absolute atomic E-state index is 13.2. The first kappa shape index (κ1) is 21.8. The molecule has 1 fully saturated rings. The predicted octanol–water partition coefficient (Wildman–Crippen LogP) is 2.28. The molecule has 0 saturated carbocycles. The highest BCUT2D eigenvalue weighted by Crippen LogP contribution is 2.33. The highest BCUT2D eigenvalue weighted by atomic mass is 16.5. The lowest BCUT2D eigenvalue weighted by Crippen LogP contribution is -2.44. The number of nitrogens with one attached hydrogen (secondary N) is 2. The van der Waals surface area contributed by atoms with E-state index in [0.717, 1.165) is 4.90 Å². The van der Waals surface area contributed by atoms with Crippen molar-refractivity contribution in [2.75, 3.05) is 26.1 Å². The Bertz CT molecular complexity index is 1020. The van der Waals surface area contributed by atoms with Crippen LogP contribution < -0.4 is 15.4 Å². The molecule has 162 valence electrons. The van der Waals surface area contributed by atoms with Gasteiger partial charge in [-0.3, -0.25) is 14.5 Å². The Morgan fingerprint density at radius 1 is 1.06 bits per heavy atom. The SMILES string of the molecule is CCC1(c2ccc(OC)cc2)NC(=O)N(CC(=O)Nc2ccccc2C(=O)OC)C1=O. The van der Waals surface area contributed by atoms with E-state index in [1.807, 2.05) is 0 Å². The Morgan fingerprint density at radius 2 is 1.74 bits per heavy atom. The summed E-state index contributed by atoms with van der Waals surface area (Å²) >= 11 is 0. The van der Waals surface area contributed by atoms with Crippen LogP contribution in [-0.4, -0.2) is 49.5 Å². The molecule has 2 aromatic carbocycles. The van der Waals surface area contributed by atoms with E-state index in [1.54, 1.807) is 43.3 Å². The maximum atomic E-state index is 13.2. The molecule has 9 nitrogen and oxygen atoms in total. The lowest BCUT2D eigenvalue weighted by atomic mass is 9.87. The summed E-state index contributed by atoms with van der Waals surface area (Å²) in [5.74, 6) is -1.15. The Morgan fingerprint density at radius 3 is 2.35 bits per heavy atom. The van der Waals surface area contributed by atoms with Crippen LogP contribution in [0.2, 0.25) is 0 Å². The standard InChI is InChI=1S/C22H23N3O6/c1-4-22(14-9-11-15(30-2)12-10-14)20(28)25(21(29)24-22)13-18(26)23-17-8-6-5-7-16(17)19(27)31-3/h5-12H,4,13H2,1-3H3,(H,23,26)(H,24,29). The Labute approximate surface area is 179 Å². The van der Waals surface area contributed by atoms with E-state index < -0.39 is 35.9 Å². The molecule has 0 bridgehead atoms. The van der Waals surface area contributed by atoms with Crippen molar-refractivity contribution in [3.05, 3.63) is 59.7 Å². The molecular weight excluding hydrogens is 402 g/mol. The van der Waals surface area contributed by atoms with Gasteiger partial charge in [-0.15, -0.1) is 0 Å². The van der Waals surface area contributed by atoms with Crippen molar-refractivity contribution >= 4 is 29.5 Å². The highest BCUT2D eigenvalue weighted by molar-refractivity contribution is 6.11. The third-order valence-corrected chi connectivity index (χ3v) is 5.20. The Balaban J connectivity index is 1.79. The maximum Gasteiger partial charge on any atom is 0.339 e. The number of imide groups is 1. The van der Waals surface area contributed by atoms with Gasteiger partial charge in [-0.2, -0.15) is 0 Å². The second-order valence-electron chi connectivity index (χ2n) is 6.89. The normalized spacial score (nSPS) is 17.8. The minimum atomic E-state index is -1.27. The van der Waals surface area contributed by atoms with E-state index in [4.69, 9.17) is 9.47 Å². The van der Waals surface area contributed by atoms with E-state index in [9.17, 15) is 19.2 Å². The summed E-state index contributed by atoms with van der Waals surface area (Å²) in [6.45, 7) is 1.27. The average molecular weight is 425 g/mol. The van der Waals surface area contributed by atoms with E-state index in [0.29, 0.717) is 17.7 Å². The van der Waals surface area contributed by atoms with Crippen LogP contribution in [0.15, 0.2) is 48.5 Å². The molecule has 1 atom stereocenters. The Hall–Kier alpha value is -3.88. The molecule has 1 aliphatic heterocycles. The molecule has 2 N–H and O–H groups in total. The highest BCUT2D eigenvalue weighted by Gasteiger charge is 2.51. The summed E-state index contributed by atoms with van der Waals surface area (Å²) in [5.41, 5.74) is -0.291. The number of urea groups is 1. The number of carbonyl (C=O) groups excluding carboxylic acids is 4. The van der Waals surface area contributed by atoms with Crippen LogP contribution in [0.1, 0.15) is 29.3 Å². The first-order chi connectivity index (χ1) is 14.9. The van der Waals surface area contributed by atoms with Crippen molar-refractivity contribution < 1.29 is 28.7 Å². The molecule has 1 aliphatic rings. The molecule has 31 heavy (non-hydrogen) atoms. The van der Waals surface area contributed by atoms with Crippen molar-refractivity contribution in [2.45, 2.75) is 18.9 Å². The van der Waals surface area contributed by atoms with Crippen LogP contribution in [0.25, 0.3) is 0 Å². The van der Waals surface area contributed by atoms with Crippen molar-refractivity contribution in [3.63, 3.8) is 0 Å². The van der Waals surface area contributed by atoms with E-state index in [2.05, 4.69) is 10.6 Å². The van der Waals surface area contributed by atoms with Crippen LogP contribution in [0, 0.1) is 0 Å². The van der Waals surface area contributed by atoms with E-state index in [1.165, 1.54) is 26.4 Å². The van der Waals surface area contributed by atoms with Gasteiger partial charge in [-0.25, -0.2) is 9.59 Å². The quantitative estimate of drug-likeness (QED) is 0.520. The fraction of sp³-hybridized carbons (Fsp3) is 0.273. The number of nitrogens with zero attached hydrogens (tertiary/aromatic N) is 1.